The molecule has 0 aliphatic carbocycles. The van der Waals surface area contributed by atoms with Gasteiger partial charge >= 0.3 is 0 Å². The van der Waals surface area contributed by atoms with Gasteiger partial charge < -0.3 is 19.9 Å². The van der Waals surface area contributed by atoms with Crippen LogP contribution in [-0.2, 0) is 4.74 Å². The smallest absolute Gasteiger partial charge is 0.174 e. The number of hydrogen-bond acceptors (Lipinski definition) is 7. The number of aromatic amines is 1. The van der Waals surface area contributed by atoms with Crippen LogP contribution in [0.4, 0.5) is 22.7 Å². The zero-order valence-electron chi connectivity index (χ0n) is 19.0. The molecule has 0 saturated carbocycles. The summed E-state index contributed by atoms with van der Waals surface area (Å²) in [6.07, 6.45) is 6.20. The number of ether oxygens (including phenoxy) is 1. The van der Waals surface area contributed by atoms with Crippen molar-refractivity contribution in [3.63, 3.8) is 0 Å². The fourth-order valence-corrected chi connectivity index (χ4v) is 5.37. The lowest BCUT2D eigenvalue weighted by Gasteiger charge is -2.47. The van der Waals surface area contributed by atoms with Crippen LogP contribution in [0.2, 0.25) is 0 Å². The maximum Gasteiger partial charge on any atom is 0.174 e. The van der Waals surface area contributed by atoms with Gasteiger partial charge in [0.1, 0.15) is 0 Å². The lowest BCUT2D eigenvalue weighted by molar-refractivity contribution is -0.124. The molecular weight excluding hydrogens is 426 g/mol. The van der Waals surface area contributed by atoms with Crippen molar-refractivity contribution < 1.29 is 4.74 Å². The molecule has 0 amide bonds. The van der Waals surface area contributed by atoms with Crippen molar-refractivity contribution in [1.82, 2.24) is 10.2 Å². The van der Waals surface area contributed by atoms with Crippen LogP contribution in [0.1, 0.15) is 12.8 Å². The highest BCUT2D eigenvalue weighted by atomic mass is 16.5. The number of nitrogens with zero attached hydrogens (tertiary/aromatic N) is 5. The van der Waals surface area contributed by atoms with E-state index in [1.165, 1.54) is 18.5 Å². The Morgan fingerprint density at radius 2 is 1.82 bits per heavy atom. The number of rotatable bonds is 3. The largest absolute Gasteiger partial charge is 0.380 e. The van der Waals surface area contributed by atoms with E-state index in [2.05, 4.69) is 67.8 Å². The number of nitrogens with one attached hydrogen (secondary N) is 2. The predicted molar refractivity (Wildman–Crippen MR) is 136 cm³/mol. The number of aliphatic imine (C=N–C) groups is 2. The minimum atomic E-state index is 0.459. The van der Waals surface area contributed by atoms with E-state index in [0.717, 1.165) is 79.3 Å². The third-order valence-electron chi connectivity index (χ3n) is 7.52. The SMILES string of the molecule is c1cc(N2CCC3(CC2)COC3)ccc1NC1=Nc2ccc(-c3cn[nH]c3)cc2N2CCN=C12. The quantitative estimate of drug-likeness (QED) is 0.625. The molecule has 0 unspecified atom stereocenters. The summed E-state index contributed by atoms with van der Waals surface area (Å²) in [5.74, 6) is 1.71. The van der Waals surface area contributed by atoms with Gasteiger partial charge in [0, 0.05) is 48.2 Å². The highest BCUT2D eigenvalue weighted by molar-refractivity contribution is 6.51. The Labute approximate surface area is 198 Å². The minimum absolute atomic E-state index is 0.459. The van der Waals surface area contributed by atoms with Crippen LogP contribution in [0.25, 0.3) is 11.1 Å². The molecule has 34 heavy (non-hydrogen) atoms. The van der Waals surface area contributed by atoms with Gasteiger partial charge in [0.25, 0.3) is 0 Å². The average Bonchev–Trinajstić information content (AvgIpc) is 3.57. The molecule has 8 heteroatoms. The summed E-state index contributed by atoms with van der Waals surface area (Å²) in [6.45, 7) is 5.73. The average molecular weight is 454 g/mol. The molecule has 2 N–H and O–H groups in total. The van der Waals surface area contributed by atoms with Gasteiger partial charge in [-0.2, -0.15) is 5.10 Å². The van der Waals surface area contributed by atoms with Crippen LogP contribution in [-0.4, -0.2) is 61.3 Å². The maximum absolute atomic E-state index is 5.46. The summed E-state index contributed by atoms with van der Waals surface area (Å²) < 4.78 is 5.46. The normalized spacial score (nSPS) is 20.4. The van der Waals surface area contributed by atoms with Crippen LogP contribution < -0.4 is 15.1 Å². The van der Waals surface area contributed by atoms with Crippen LogP contribution in [0.3, 0.4) is 0 Å². The molecule has 4 aliphatic heterocycles. The topological polar surface area (TPSA) is 81.1 Å². The second kappa shape index (κ2) is 7.70. The Kier molecular flexibility index (Phi) is 4.48. The Morgan fingerprint density at radius 1 is 0.971 bits per heavy atom. The fourth-order valence-electron chi connectivity index (χ4n) is 5.37. The lowest BCUT2D eigenvalue weighted by atomic mass is 9.77. The van der Waals surface area contributed by atoms with E-state index < -0.39 is 0 Å². The van der Waals surface area contributed by atoms with Crippen LogP contribution in [0.15, 0.2) is 64.8 Å². The number of fused-ring (bicyclic) bond motifs is 3. The van der Waals surface area contributed by atoms with Gasteiger partial charge in [-0.3, -0.25) is 10.1 Å². The van der Waals surface area contributed by atoms with Crippen molar-refractivity contribution in [3.05, 3.63) is 54.9 Å². The van der Waals surface area contributed by atoms with Crippen molar-refractivity contribution >= 4 is 34.4 Å². The van der Waals surface area contributed by atoms with Gasteiger partial charge in [-0.15, -0.1) is 0 Å². The molecule has 0 atom stereocenters. The first-order valence-corrected chi connectivity index (χ1v) is 12.0. The van der Waals surface area contributed by atoms with E-state index in [9.17, 15) is 0 Å². The molecule has 0 radical (unpaired) electrons. The highest BCUT2D eigenvalue weighted by Gasteiger charge is 2.41. The second-order valence-corrected chi connectivity index (χ2v) is 9.66. The highest BCUT2D eigenvalue weighted by Crippen LogP contribution is 2.40. The van der Waals surface area contributed by atoms with Gasteiger partial charge in [0.2, 0.25) is 0 Å². The summed E-state index contributed by atoms with van der Waals surface area (Å²) in [4.78, 5) is 14.4. The zero-order valence-corrected chi connectivity index (χ0v) is 19.0. The van der Waals surface area contributed by atoms with Crippen molar-refractivity contribution in [3.8, 4) is 11.1 Å². The molecule has 1 spiro atoms. The van der Waals surface area contributed by atoms with Gasteiger partial charge in [-0.25, -0.2) is 4.99 Å². The van der Waals surface area contributed by atoms with Crippen molar-refractivity contribution in [2.24, 2.45) is 15.4 Å². The minimum Gasteiger partial charge on any atom is -0.380 e. The Bertz CT molecular complexity index is 1260. The van der Waals surface area contributed by atoms with E-state index in [-0.39, 0.29) is 0 Å². The third kappa shape index (κ3) is 3.28. The molecule has 5 heterocycles. The first-order valence-electron chi connectivity index (χ1n) is 12.0. The van der Waals surface area contributed by atoms with Gasteiger partial charge in [0.05, 0.1) is 37.3 Å². The zero-order chi connectivity index (χ0) is 22.5. The lowest BCUT2D eigenvalue weighted by Crippen LogP contribution is -2.50. The number of aromatic nitrogens is 2. The maximum atomic E-state index is 5.46. The molecule has 0 bridgehead atoms. The van der Waals surface area contributed by atoms with Crippen LogP contribution in [0.5, 0.6) is 0 Å². The third-order valence-corrected chi connectivity index (χ3v) is 7.52. The predicted octanol–water partition coefficient (Wildman–Crippen LogP) is 4.07. The molecule has 172 valence electrons. The van der Waals surface area contributed by atoms with Gasteiger partial charge in [-0.1, -0.05) is 6.07 Å². The number of anilines is 3. The summed E-state index contributed by atoms with van der Waals surface area (Å²) in [5, 5.41) is 10.5. The molecule has 2 saturated heterocycles. The second-order valence-electron chi connectivity index (χ2n) is 9.66. The van der Waals surface area contributed by atoms with Crippen molar-refractivity contribution in [2.45, 2.75) is 12.8 Å². The molecule has 7 rings (SSSR count). The van der Waals surface area contributed by atoms with Crippen LogP contribution in [0, 0.1) is 5.41 Å². The Balaban J connectivity index is 1.11. The van der Waals surface area contributed by atoms with Crippen molar-refractivity contribution in [1.29, 1.82) is 0 Å². The van der Waals surface area contributed by atoms with Gasteiger partial charge in [0.15, 0.2) is 11.7 Å². The summed E-state index contributed by atoms with van der Waals surface area (Å²) in [5.41, 5.74) is 7.00. The molecule has 8 nitrogen and oxygen atoms in total. The fraction of sp³-hybridized carbons (Fsp3) is 0.346. The Hall–Kier alpha value is -3.65. The van der Waals surface area contributed by atoms with Crippen LogP contribution >= 0.6 is 0 Å². The standard InChI is InChI=1S/C26H27N7O/c1-6-22-23(13-18(1)19-14-28-29-15-19)33-12-9-27-25(33)24(31-22)30-20-2-4-21(5-3-20)32-10-7-26(8-11-32)16-34-17-26/h1-6,13-15H,7-12,16-17H2,(H,28,29)(H,30,31). The molecule has 4 aliphatic rings. The first-order chi connectivity index (χ1) is 16.8. The van der Waals surface area contributed by atoms with Gasteiger partial charge in [-0.05, 0) is 54.8 Å². The number of piperidine rings is 1. The van der Waals surface area contributed by atoms with E-state index in [0.29, 0.717) is 5.41 Å². The number of amidine groups is 2. The summed E-state index contributed by atoms with van der Waals surface area (Å²) >= 11 is 0. The molecule has 3 aromatic rings. The van der Waals surface area contributed by atoms with E-state index >= 15 is 0 Å². The number of benzene rings is 2. The van der Waals surface area contributed by atoms with Crippen molar-refractivity contribution in [2.75, 3.05) is 54.5 Å². The van der Waals surface area contributed by atoms with E-state index in [1.54, 1.807) is 0 Å². The molecular formula is C26H27N7O. The first kappa shape index (κ1) is 19.8. The number of hydrogen-bond donors (Lipinski definition) is 2. The summed E-state index contributed by atoms with van der Waals surface area (Å²) in [6, 6.07) is 15.1. The van der Waals surface area contributed by atoms with E-state index in [1.807, 2.05) is 12.4 Å². The molecule has 2 aromatic carbocycles. The number of H-pyrrole nitrogens is 1. The van der Waals surface area contributed by atoms with E-state index in [4.69, 9.17) is 14.7 Å². The molecule has 2 fully saturated rings. The summed E-state index contributed by atoms with van der Waals surface area (Å²) in [7, 11) is 0. The monoisotopic (exact) mass is 453 g/mol. The Morgan fingerprint density at radius 3 is 2.56 bits per heavy atom. The molecule has 1 aromatic heterocycles.